The van der Waals surface area contributed by atoms with Crippen molar-refractivity contribution in [1.82, 2.24) is 0 Å². The van der Waals surface area contributed by atoms with E-state index < -0.39 is 5.97 Å². The van der Waals surface area contributed by atoms with Crippen LogP contribution in [-0.4, -0.2) is 16.9 Å². The molecule has 0 aliphatic heterocycles. The molecule has 0 heterocycles. The van der Waals surface area contributed by atoms with Crippen molar-refractivity contribution in [3.8, 4) is 11.1 Å². The smallest absolute Gasteiger partial charge is 0.336 e. The molecule has 0 saturated heterocycles. The fraction of sp³-hybridized carbons (Fsp3) is 0.0909. The Morgan fingerprint density at radius 2 is 1.81 bits per heavy atom. The van der Waals surface area contributed by atoms with E-state index in [-0.39, 0.29) is 5.84 Å². The largest absolute Gasteiger partial charge is 0.478 e. The van der Waals surface area contributed by atoms with Crippen LogP contribution >= 0.6 is 0 Å². The summed E-state index contributed by atoms with van der Waals surface area (Å²) in [5.74, 6) is -0.885. The summed E-state index contributed by atoms with van der Waals surface area (Å²) in [4.78, 5) is 11.6. The molecule has 0 spiro atoms. The van der Waals surface area contributed by atoms with Gasteiger partial charge < -0.3 is 16.2 Å². The Kier molecular flexibility index (Phi) is 5.22. The van der Waals surface area contributed by atoms with E-state index in [0.29, 0.717) is 23.2 Å². The van der Waals surface area contributed by atoms with Gasteiger partial charge in [0, 0.05) is 17.8 Å². The zero-order valence-electron chi connectivity index (χ0n) is 15.0. The molecule has 0 bridgehead atoms. The molecule has 3 aromatic rings. The lowest BCUT2D eigenvalue weighted by molar-refractivity contribution is 0.0697. The summed E-state index contributed by atoms with van der Waals surface area (Å²) in [6.07, 6.45) is 0. The molecule has 136 valence electrons. The Balaban J connectivity index is 1.80. The molecule has 0 fully saturated rings. The molecule has 27 heavy (non-hydrogen) atoms. The summed E-state index contributed by atoms with van der Waals surface area (Å²) >= 11 is 0. The lowest BCUT2D eigenvalue weighted by Gasteiger charge is -2.11. The normalized spacial score (nSPS) is 10.4. The number of hydrogen-bond acceptors (Lipinski definition) is 3. The van der Waals surface area contributed by atoms with E-state index in [9.17, 15) is 9.90 Å². The molecule has 0 aliphatic rings. The lowest BCUT2D eigenvalue weighted by atomic mass is 9.96. The molecule has 0 atom stereocenters. The quantitative estimate of drug-likeness (QED) is 0.390. The van der Waals surface area contributed by atoms with Crippen LogP contribution in [0.5, 0.6) is 0 Å². The Morgan fingerprint density at radius 1 is 1.07 bits per heavy atom. The van der Waals surface area contributed by atoms with Crippen LogP contribution in [0.15, 0.2) is 66.7 Å². The second kappa shape index (κ2) is 7.74. The van der Waals surface area contributed by atoms with Gasteiger partial charge in [0.1, 0.15) is 5.84 Å². The lowest BCUT2D eigenvalue weighted by Crippen LogP contribution is -2.10. The van der Waals surface area contributed by atoms with Gasteiger partial charge in [-0.25, -0.2) is 4.79 Å². The molecule has 0 amide bonds. The van der Waals surface area contributed by atoms with Crippen LogP contribution in [0.1, 0.15) is 27.0 Å². The summed E-state index contributed by atoms with van der Waals surface area (Å²) < 4.78 is 0. The molecule has 0 aromatic heterocycles. The van der Waals surface area contributed by atoms with Crippen molar-refractivity contribution >= 4 is 17.5 Å². The number of anilines is 1. The van der Waals surface area contributed by atoms with Crippen molar-refractivity contribution in [2.75, 3.05) is 5.32 Å². The van der Waals surface area contributed by atoms with Gasteiger partial charge in [-0.2, -0.15) is 0 Å². The Hall–Kier alpha value is -3.60. The summed E-state index contributed by atoms with van der Waals surface area (Å²) in [6, 6.07) is 20.7. The molecule has 0 aliphatic carbocycles. The number of carboxylic acid groups (broad SMARTS) is 1. The monoisotopic (exact) mass is 359 g/mol. The number of rotatable bonds is 6. The highest BCUT2D eigenvalue weighted by atomic mass is 16.4. The molecule has 0 radical (unpaired) electrons. The van der Waals surface area contributed by atoms with E-state index in [1.165, 1.54) is 0 Å². The molecular weight excluding hydrogens is 338 g/mol. The maximum atomic E-state index is 11.6. The summed E-state index contributed by atoms with van der Waals surface area (Å²) in [6.45, 7) is 2.48. The first-order valence-corrected chi connectivity index (χ1v) is 8.55. The average Bonchev–Trinajstić information content (AvgIpc) is 2.66. The minimum absolute atomic E-state index is 0.0431. The minimum Gasteiger partial charge on any atom is -0.478 e. The molecule has 3 rings (SSSR count). The van der Waals surface area contributed by atoms with Crippen molar-refractivity contribution < 1.29 is 9.90 Å². The van der Waals surface area contributed by atoms with E-state index in [2.05, 4.69) is 5.32 Å². The van der Waals surface area contributed by atoms with Crippen LogP contribution < -0.4 is 11.1 Å². The van der Waals surface area contributed by atoms with E-state index in [0.717, 1.165) is 22.4 Å². The van der Waals surface area contributed by atoms with Gasteiger partial charge in [-0.05, 0) is 60.0 Å². The Morgan fingerprint density at radius 3 is 2.48 bits per heavy atom. The predicted octanol–water partition coefficient (Wildman–Crippen LogP) is 4.26. The third-order valence-corrected chi connectivity index (χ3v) is 4.34. The topological polar surface area (TPSA) is 99.2 Å². The predicted molar refractivity (Wildman–Crippen MR) is 108 cm³/mol. The van der Waals surface area contributed by atoms with E-state index in [1.807, 2.05) is 55.5 Å². The van der Waals surface area contributed by atoms with E-state index >= 15 is 0 Å². The van der Waals surface area contributed by atoms with Crippen LogP contribution in [0.3, 0.4) is 0 Å². The van der Waals surface area contributed by atoms with Crippen LogP contribution in [0.25, 0.3) is 11.1 Å². The number of aromatic carboxylic acids is 1. The third kappa shape index (κ3) is 4.33. The fourth-order valence-corrected chi connectivity index (χ4v) is 2.91. The highest BCUT2D eigenvalue weighted by Gasteiger charge is 2.12. The van der Waals surface area contributed by atoms with Gasteiger partial charge in [-0.3, -0.25) is 5.41 Å². The maximum absolute atomic E-state index is 11.6. The highest BCUT2D eigenvalue weighted by molar-refractivity contribution is 5.96. The number of amidine groups is 1. The molecule has 3 aromatic carbocycles. The number of nitrogen functional groups attached to an aromatic ring is 1. The van der Waals surface area contributed by atoms with Gasteiger partial charge in [0.05, 0.1) is 5.56 Å². The number of nitrogens with one attached hydrogen (secondary N) is 2. The summed E-state index contributed by atoms with van der Waals surface area (Å²) in [5.41, 5.74) is 10.9. The van der Waals surface area contributed by atoms with Gasteiger partial charge in [0.25, 0.3) is 0 Å². The van der Waals surface area contributed by atoms with Crippen molar-refractivity contribution in [3.05, 3.63) is 89.0 Å². The van der Waals surface area contributed by atoms with Gasteiger partial charge in [-0.1, -0.05) is 35.9 Å². The number of nitrogens with two attached hydrogens (primary N) is 1. The SMILES string of the molecule is Cc1ccc(-c2cccc(CNc3ccc(C(=N)N)cc3)c2)c(C(=O)O)c1. The maximum Gasteiger partial charge on any atom is 0.336 e. The van der Waals surface area contributed by atoms with Crippen molar-refractivity contribution in [3.63, 3.8) is 0 Å². The van der Waals surface area contributed by atoms with Crippen LogP contribution in [-0.2, 0) is 6.54 Å². The molecular formula is C22H21N3O2. The molecule has 5 heteroatoms. The van der Waals surface area contributed by atoms with Crippen molar-refractivity contribution in [2.45, 2.75) is 13.5 Å². The van der Waals surface area contributed by atoms with Crippen LogP contribution in [0.2, 0.25) is 0 Å². The number of hydrogen-bond donors (Lipinski definition) is 4. The second-order valence-corrected chi connectivity index (χ2v) is 6.40. The molecule has 5 N–H and O–H groups in total. The zero-order chi connectivity index (χ0) is 19.4. The number of benzene rings is 3. The van der Waals surface area contributed by atoms with Gasteiger partial charge in [-0.15, -0.1) is 0 Å². The summed E-state index contributed by atoms with van der Waals surface area (Å²) in [7, 11) is 0. The standard InChI is InChI=1S/C22H21N3O2/c1-14-5-10-19(20(11-14)22(26)27)17-4-2-3-15(12-17)13-25-18-8-6-16(7-9-18)21(23)24/h2-12,25H,13H2,1H3,(H3,23,24)(H,26,27). The molecule has 0 unspecified atom stereocenters. The van der Waals surface area contributed by atoms with Crippen LogP contribution in [0, 0.1) is 12.3 Å². The zero-order valence-corrected chi connectivity index (χ0v) is 15.0. The third-order valence-electron chi connectivity index (χ3n) is 4.34. The number of aryl methyl sites for hydroxylation is 1. The van der Waals surface area contributed by atoms with Gasteiger partial charge in [0.15, 0.2) is 0 Å². The van der Waals surface area contributed by atoms with E-state index in [4.69, 9.17) is 11.1 Å². The van der Waals surface area contributed by atoms with E-state index in [1.54, 1.807) is 18.2 Å². The van der Waals surface area contributed by atoms with Crippen molar-refractivity contribution in [1.29, 1.82) is 5.41 Å². The van der Waals surface area contributed by atoms with Crippen LogP contribution in [0.4, 0.5) is 5.69 Å². The molecule has 0 saturated carbocycles. The molecule has 5 nitrogen and oxygen atoms in total. The first-order chi connectivity index (χ1) is 12.9. The first kappa shape index (κ1) is 18.2. The van der Waals surface area contributed by atoms with Gasteiger partial charge >= 0.3 is 5.97 Å². The minimum atomic E-state index is -0.928. The number of carboxylic acids is 1. The Bertz CT molecular complexity index is 995. The Labute approximate surface area is 158 Å². The average molecular weight is 359 g/mol. The fourth-order valence-electron chi connectivity index (χ4n) is 2.91. The second-order valence-electron chi connectivity index (χ2n) is 6.40. The number of carbonyl (C=O) groups is 1. The summed E-state index contributed by atoms with van der Waals surface area (Å²) in [5, 5.41) is 20.2. The highest BCUT2D eigenvalue weighted by Crippen LogP contribution is 2.26. The van der Waals surface area contributed by atoms with Gasteiger partial charge in [0.2, 0.25) is 0 Å². The van der Waals surface area contributed by atoms with Crippen molar-refractivity contribution in [2.24, 2.45) is 5.73 Å². The first-order valence-electron chi connectivity index (χ1n) is 8.55.